The third-order valence-corrected chi connectivity index (χ3v) is 2.11. The summed E-state index contributed by atoms with van der Waals surface area (Å²) < 4.78 is 4.87. The van der Waals surface area contributed by atoms with E-state index in [0.29, 0.717) is 16.5 Å². The molecule has 1 heterocycles. The summed E-state index contributed by atoms with van der Waals surface area (Å²) in [6.07, 6.45) is 0. The zero-order valence-electron chi connectivity index (χ0n) is 7.27. The SMILES string of the molecule is OCc1cc(-c2ccc(Cl)cc2)no1. The van der Waals surface area contributed by atoms with Crippen molar-refractivity contribution in [2.75, 3.05) is 0 Å². The fraction of sp³-hybridized carbons (Fsp3) is 0.100. The Morgan fingerprint density at radius 3 is 2.57 bits per heavy atom. The van der Waals surface area contributed by atoms with Gasteiger partial charge in [0.2, 0.25) is 0 Å². The van der Waals surface area contributed by atoms with Crippen LogP contribution >= 0.6 is 11.6 Å². The maximum atomic E-state index is 8.79. The van der Waals surface area contributed by atoms with Crippen LogP contribution in [0.25, 0.3) is 11.3 Å². The molecule has 2 aromatic rings. The lowest BCUT2D eigenvalue weighted by molar-refractivity contribution is 0.229. The standard InChI is InChI=1S/C10H8ClNO2/c11-8-3-1-7(2-4-8)10-5-9(6-13)14-12-10/h1-5,13H,6H2. The first-order valence-electron chi connectivity index (χ1n) is 4.12. The van der Waals surface area contributed by atoms with Crippen LogP contribution in [0, 0.1) is 0 Å². The topological polar surface area (TPSA) is 46.3 Å². The molecule has 0 atom stereocenters. The molecule has 1 aromatic heterocycles. The number of rotatable bonds is 2. The normalized spacial score (nSPS) is 10.4. The number of halogens is 1. The Balaban J connectivity index is 2.34. The van der Waals surface area contributed by atoms with E-state index in [1.165, 1.54) is 0 Å². The average Bonchev–Trinajstić information content (AvgIpc) is 2.67. The molecule has 3 nitrogen and oxygen atoms in total. The van der Waals surface area contributed by atoms with E-state index in [9.17, 15) is 0 Å². The Bertz CT molecular complexity index is 422. The second kappa shape index (κ2) is 3.82. The van der Waals surface area contributed by atoms with Crippen LogP contribution < -0.4 is 0 Å². The summed E-state index contributed by atoms with van der Waals surface area (Å²) >= 11 is 5.75. The Labute approximate surface area is 85.9 Å². The molecule has 0 saturated heterocycles. The molecule has 0 radical (unpaired) electrons. The highest BCUT2D eigenvalue weighted by atomic mass is 35.5. The third-order valence-electron chi connectivity index (χ3n) is 1.85. The highest BCUT2D eigenvalue weighted by Crippen LogP contribution is 2.21. The van der Waals surface area contributed by atoms with Crippen molar-refractivity contribution in [1.82, 2.24) is 5.16 Å². The lowest BCUT2D eigenvalue weighted by Gasteiger charge is -1.93. The van der Waals surface area contributed by atoms with Gasteiger partial charge in [0.25, 0.3) is 0 Å². The molecule has 4 heteroatoms. The maximum absolute atomic E-state index is 8.79. The van der Waals surface area contributed by atoms with E-state index in [1.54, 1.807) is 18.2 Å². The van der Waals surface area contributed by atoms with Gasteiger partial charge in [-0.25, -0.2) is 0 Å². The van der Waals surface area contributed by atoms with Crippen LogP contribution in [0.2, 0.25) is 5.02 Å². The first kappa shape index (κ1) is 9.24. The van der Waals surface area contributed by atoms with E-state index in [0.717, 1.165) is 5.56 Å². The zero-order chi connectivity index (χ0) is 9.97. The molecular weight excluding hydrogens is 202 g/mol. The quantitative estimate of drug-likeness (QED) is 0.827. The molecule has 0 bridgehead atoms. The minimum Gasteiger partial charge on any atom is -0.388 e. The highest BCUT2D eigenvalue weighted by molar-refractivity contribution is 6.30. The fourth-order valence-corrected chi connectivity index (χ4v) is 1.27. The number of aliphatic hydroxyl groups excluding tert-OH is 1. The molecule has 0 aliphatic rings. The molecule has 1 N–H and O–H groups in total. The van der Waals surface area contributed by atoms with E-state index in [1.807, 2.05) is 12.1 Å². The molecule has 1 aromatic carbocycles. The Morgan fingerprint density at radius 2 is 2.00 bits per heavy atom. The van der Waals surface area contributed by atoms with Crippen LogP contribution in [0.5, 0.6) is 0 Å². The van der Waals surface area contributed by atoms with Gasteiger partial charge in [-0.05, 0) is 12.1 Å². The van der Waals surface area contributed by atoms with E-state index in [-0.39, 0.29) is 6.61 Å². The summed E-state index contributed by atoms with van der Waals surface area (Å²) in [6.45, 7) is -0.138. The lowest BCUT2D eigenvalue weighted by atomic mass is 10.1. The van der Waals surface area contributed by atoms with Crippen molar-refractivity contribution < 1.29 is 9.63 Å². The van der Waals surface area contributed by atoms with Gasteiger partial charge in [0, 0.05) is 16.7 Å². The maximum Gasteiger partial charge on any atom is 0.162 e. The second-order valence-electron chi connectivity index (χ2n) is 2.84. The van der Waals surface area contributed by atoms with Gasteiger partial charge < -0.3 is 9.63 Å². The van der Waals surface area contributed by atoms with E-state index in [2.05, 4.69) is 5.16 Å². The van der Waals surface area contributed by atoms with E-state index >= 15 is 0 Å². The molecule has 0 aliphatic heterocycles. The van der Waals surface area contributed by atoms with Crippen molar-refractivity contribution in [2.24, 2.45) is 0 Å². The summed E-state index contributed by atoms with van der Waals surface area (Å²) in [5.41, 5.74) is 1.61. The Hall–Kier alpha value is -1.32. The van der Waals surface area contributed by atoms with Crippen LogP contribution in [0.4, 0.5) is 0 Å². The summed E-state index contributed by atoms with van der Waals surface area (Å²) in [6, 6.07) is 8.96. The number of hydrogen-bond acceptors (Lipinski definition) is 3. The van der Waals surface area contributed by atoms with Crippen molar-refractivity contribution in [3.63, 3.8) is 0 Å². The number of aromatic nitrogens is 1. The number of benzene rings is 1. The van der Waals surface area contributed by atoms with Gasteiger partial charge in [0.05, 0.1) is 0 Å². The van der Waals surface area contributed by atoms with Crippen LogP contribution in [0.1, 0.15) is 5.76 Å². The van der Waals surface area contributed by atoms with Crippen molar-refractivity contribution in [1.29, 1.82) is 0 Å². The fourth-order valence-electron chi connectivity index (χ4n) is 1.14. The van der Waals surface area contributed by atoms with Crippen molar-refractivity contribution in [3.8, 4) is 11.3 Å². The second-order valence-corrected chi connectivity index (χ2v) is 3.28. The van der Waals surface area contributed by atoms with Gasteiger partial charge in [0.15, 0.2) is 5.76 Å². The number of aliphatic hydroxyl groups is 1. The van der Waals surface area contributed by atoms with Crippen molar-refractivity contribution in [2.45, 2.75) is 6.61 Å². The summed E-state index contributed by atoms with van der Waals surface area (Å²) in [5, 5.41) is 13.3. The Kier molecular flexibility index (Phi) is 2.52. The van der Waals surface area contributed by atoms with E-state index < -0.39 is 0 Å². The Morgan fingerprint density at radius 1 is 1.29 bits per heavy atom. The largest absolute Gasteiger partial charge is 0.388 e. The first-order valence-corrected chi connectivity index (χ1v) is 4.50. The lowest BCUT2D eigenvalue weighted by Crippen LogP contribution is -1.76. The number of hydrogen-bond donors (Lipinski definition) is 1. The van der Waals surface area contributed by atoms with Gasteiger partial charge in [-0.2, -0.15) is 0 Å². The van der Waals surface area contributed by atoms with Crippen LogP contribution in [0.15, 0.2) is 34.9 Å². The van der Waals surface area contributed by atoms with Gasteiger partial charge in [-0.3, -0.25) is 0 Å². The predicted molar refractivity (Wildman–Crippen MR) is 52.9 cm³/mol. The summed E-state index contributed by atoms with van der Waals surface area (Å²) in [7, 11) is 0. The minimum atomic E-state index is -0.138. The van der Waals surface area contributed by atoms with Crippen LogP contribution in [-0.4, -0.2) is 10.3 Å². The van der Waals surface area contributed by atoms with Crippen LogP contribution in [0.3, 0.4) is 0 Å². The van der Waals surface area contributed by atoms with E-state index in [4.69, 9.17) is 21.2 Å². The molecule has 0 unspecified atom stereocenters. The minimum absolute atomic E-state index is 0.138. The monoisotopic (exact) mass is 209 g/mol. The summed E-state index contributed by atoms with van der Waals surface area (Å²) in [5.74, 6) is 0.454. The molecule has 0 aliphatic carbocycles. The number of nitrogens with zero attached hydrogens (tertiary/aromatic N) is 1. The molecular formula is C10H8ClNO2. The van der Waals surface area contributed by atoms with Gasteiger partial charge in [-0.1, -0.05) is 28.9 Å². The molecule has 0 saturated carbocycles. The predicted octanol–water partition coefficient (Wildman–Crippen LogP) is 2.49. The smallest absolute Gasteiger partial charge is 0.162 e. The van der Waals surface area contributed by atoms with Crippen LogP contribution in [-0.2, 0) is 6.61 Å². The summed E-state index contributed by atoms with van der Waals surface area (Å²) in [4.78, 5) is 0. The van der Waals surface area contributed by atoms with Gasteiger partial charge >= 0.3 is 0 Å². The highest BCUT2D eigenvalue weighted by Gasteiger charge is 2.04. The third kappa shape index (κ3) is 1.78. The first-order chi connectivity index (χ1) is 6.79. The van der Waals surface area contributed by atoms with Gasteiger partial charge in [0.1, 0.15) is 12.3 Å². The molecule has 72 valence electrons. The molecule has 0 amide bonds. The van der Waals surface area contributed by atoms with Gasteiger partial charge in [-0.15, -0.1) is 0 Å². The zero-order valence-corrected chi connectivity index (χ0v) is 8.03. The molecule has 0 fully saturated rings. The molecule has 14 heavy (non-hydrogen) atoms. The average molecular weight is 210 g/mol. The van der Waals surface area contributed by atoms with Crippen molar-refractivity contribution in [3.05, 3.63) is 41.1 Å². The van der Waals surface area contributed by atoms with Crippen molar-refractivity contribution >= 4 is 11.6 Å². The molecule has 2 rings (SSSR count). The molecule has 0 spiro atoms.